The van der Waals surface area contributed by atoms with Gasteiger partial charge in [0.05, 0.1) is 20.8 Å². The zero-order valence-electron chi connectivity index (χ0n) is 14.0. The molecule has 0 aliphatic carbocycles. The number of amides is 2. The molecule has 1 aromatic carbocycles. The minimum atomic E-state index is -1.81. The quantitative estimate of drug-likeness (QED) is 0.494. The monoisotopic (exact) mass is 489 g/mol. The average Bonchev–Trinajstić information content (AvgIpc) is 2.54. The first kappa shape index (κ1) is 22.5. The van der Waals surface area contributed by atoms with Gasteiger partial charge in [0.15, 0.2) is 0 Å². The van der Waals surface area contributed by atoms with Crippen LogP contribution in [0.1, 0.15) is 11.4 Å². The molecule has 11 heteroatoms. The minimum absolute atomic E-state index is 0.0348. The number of urea groups is 1. The van der Waals surface area contributed by atoms with Gasteiger partial charge in [-0.2, -0.15) is 0 Å². The van der Waals surface area contributed by atoms with Gasteiger partial charge in [-0.15, -0.1) is 0 Å². The molecule has 0 aliphatic heterocycles. The molecule has 0 fully saturated rings. The molecule has 146 valence electrons. The summed E-state index contributed by atoms with van der Waals surface area (Å²) < 4.78 is 3.84. The van der Waals surface area contributed by atoms with Gasteiger partial charge in [-0.1, -0.05) is 69.6 Å². The molecule has 0 bridgehead atoms. The number of carbonyl (C=O) groups excluding carboxylic acids is 1. The number of anilines is 1. The molecule has 0 saturated carbocycles. The molecule has 0 saturated heterocycles. The lowest BCUT2D eigenvalue weighted by molar-refractivity contribution is 0.230. The number of benzene rings is 1. The van der Waals surface area contributed by atoms with E-state index in [0.29, 0.717) is 22.2 Å². The number of alkyl halides is 3. The van der Waals surface area contributed by atoms with Gasteiger partial charge in [-0.25, -0.2) is 9.78 Å². The van der Waals surface area contributed by atoms with Crippen LogP contribution < -0.4 is 10.1 Å². The third-order valence-electron chi connectivity index (χ3n) is 3.22. The topological polar surface area (TPSA) is 54.5 Å². The van der Waals surface area contributed by atoms with E-state index in [1.807, 2.05) is 0 Å². The number of rotatable bonds is 4. The van der Waals surface area contributed by atoms with E-state index in [1.54, 1.807) is 32.3 Å². The molecule has 2 aromatic rings. The van der Waals surface area contributed by atoms with Crippen LogP contribution in [0.5, 0.6) is 5.75 Å². The largest absolute Gasteiger partial charge is 0.486 e. The molecule has 0 spiro atoms. The molecule has 1 heterocycles. The maximum absolute atomic E-state index is 11.7. The van der Waals surface area contributed by atoms with Crippen LogP contribution in [0, 0.1) is 0 Å². The zero-order valence-corrected chi connectivity index (χ0v) is 18.5. The first-order chi connectivity index (χ1) is 12.5. The SMILES string of the molecule is CN(C)C(=O)Nc1ccc(OCc2nc(C(Cl)(Cl)Cl)c(Cl)cc2Cl)c(Cl)c1. The standard InChI is InChI=1S/C16H13Cl6N3O2/c1-25(2)15(26)23-8-3-4-13(10(18)5-8)27-7-12-9(17)6-11(19)14(24-12)16(20,21)22/h3-6H,7H2,1-2H3,(H,23,26). The van der Waals surface area contributed by atoms with Gasteiger partial charge in [0, 0.05) is 19.8 Å². The second-order valence-corrected chi connectivity index (χ2v) is 9.01. The van der Waals surface area contributed by atoms with Gasteiger partial charge >= 0.3 is 6.03 Å². The highest BCUT2D eigenvalue weighted by Crippen LogP contribution is 2.41. The molecule has 1 N–H and O–H groups in total. The fourth-order valence-corrected chi connectivity index (χ4v) is 3.25. The van der Waals surface area contributed by atoms with E-state index in [2.05, 4.69) is 10.3 Å². The van der Waals surface area contributed by atoms with E-state index in [9.17, 15) is 4.79 Å². The van der Waals surface area contributed by atoms with Crippen molar-refractivity contribution in [1.82, 2.24) is 9.88 Å². The highest BCUT2D eigenvalue weighted by atomic mass is 35.6. The lowest BCUT2D eigenvalue weighted by atomic mass is 10.3. The van der Waals surface area contributed by atoms with E-state index in [0.717, 1.165) is 0 Å². The first-order valence-corrected chi connectivity index (χ1v) is 9.58. The summed E-state index contributed by atoms with van der Waals surface area (Å²) in [5.41, 5.74) is 0.889. The lowest BCUT2D eigenvalue weighted by Crippen LogP contribution is -2.27. The predicted octanol–water partition coefficient (Wildman–Crippen LogP) is 6.54. The van der Waals surface area contributed by atoms with Crippen LogP contribution >= 0.6 is 69.6 Å². The minimum Gasteiger partial charge on any atom is -0.486 e. The number of pyridine rings is 1. The van der Waals surface area contributed by atoms with Crippen molar-refractivity contribution in [2.24, 2.45) is 0 Å². The number of hydrogen-bond acceptors (Lipinski definition) is 3. The normalized spacial score (nSPS) is 11.3. The molecule has 5 nitrogen and oxygen atoms in total. The summed E-state index contributed by atoms with van der Waals surface area (Å²) in [4.78, 5) is 17.2. The number of halogens is 6. The summed E-state index contributed by atoms with van der Waals surface area (Å²) in [6, 6.07) is 5.95. The molecule has 2 amide bonds. The molecule has 2 rings (SSSR count). The van der Waals surface area contributed by atoms with E-state index >= 15 is 0 Å². The van der Waals surface area contributed by atoms with Crippen molar-refractivity contribution >= 4 is 81.3 Å². The van der Waals surface area contributed by atoms with Crippen molar-refractivity contribution in [3.63, 3.8) is 0 Å². The zero-order chi connectivity index (χ0) is 20.4. The van der Waals surface area contributed by atoms with E-state index in [1.165, 1.54) is 11.0 Å². The molecule has 0 unspecified atom stereocenters. The van der Waals surface area contributed by atoms with Crippen LogP contribution in [-0.2, 0) is 10.4 Å². The maximum Gasteiger partial charge on any atom is 0.321 e. The molecular weight excluding hydrogens is 479 g/mol. The third kappa shape index (κ3) is 6.08. The summed E-state index contributed by atoms with van der Waals surface area (Å²) in [6.45, 7) is -0.0348. The van der Waals surface area contributed by atoms with Crippen molar-refractivity contribution in [3.05, 3.63) is 50.7 Å². The Bertz CT molecular complexity index is 855. The summed E-state index contributed by atoms with van der Waals surface area (Å²) in [6.07, 6.45) is 0. The fourth-order valence-electron chi connectivity index (χ4n) is 1.88. The van der Waals surface area contributed by atoms with E-state index in [-0.39, 0.29) is 28.4 Å². The second kappa shape index (κ2) is 9.12. The highest BCUT2D eigenvalue weighted by molar-refractivity contribution is 6.67. The Hall–Kier alpha value is -0.820. The smallest absolute Gasteiger partial charge is 0.321 e. The van der Waals surface area contributed by atoms with Gasteiger partial charge in [-0.05, 0) is 24.3 Å². The lowest BCUT2D eigenvalue weighted by Gasteiger charge is -2.16. The summed E-state index contributed by atoms with van der Waals surface area (Å²) in [7, 11) is 3.26. The third-order valence-corrected chi connectivity index (χ3v) is 4.67. The average molecular weight is 492 g/mol. The van der Waals surface area contributed by atoms with Gasteiger partial charge in [-0.3, -0.25) is 0 Å². The number of carbonyl (C=O) groups is 1. The highest BCUT2D eigenvalue weighted by Gasteiger charge is 2.29. The van der Waals surface area contributed by atoms with Gasteiger partial charge in [0.1, 0.15) is 18.1 Å². The van der Waals surface area contributed by atoms with Crippen molar-refractivity contribution in [2.45, 2.75) is 10.4 Å². The van der Waals surface area contributed by atoms with Crippen LogP contribution in [-0.4, -0.2) is 30.0 Å². The number of nitrogens with one attached hydrogen (secondary N) is 1. The summed E-state index contributed by atoms with van der Waals surface area (Å²) >= 11 is 35.9. The number of aromatic nitrogens is 1. The number of ether oxygens (including phenoxy) is 1. The van der Waals surface area contributed by atoms with Gasteiger partial charge in [0.25, 0.3) is 0 Å². The Morgan fingerprint density at radius 2 is 1.78 bits per heavy atom. The van der Waals surface area contributed by atoms with Crippen LogP contribution in [0.3, 0.4) is 0 Å². The Kier molecular flexibility index (Phi) is 7.59. The van der Waals surface area contributed by atoms with Crippen LogP contribution in [0.4, 0.5) is 10.5 Å². The van der Waals surface area contributed by atoms with E-state index < -0.39 is 3.79 Å². The van der Waals surface area contributed by atoms with Crippen LogP contribution in [0.2, 0.25) is 15.1 Å². The Balaban J connectivity index is 2.16. The van der Waals surface area contributed by atoms with Crippen molar-refractivity contribution < 1.29 is 9.53 Å². The van der Waals surface area contributed by atoms with Crippen LogP contribution in [0.15, 0.2) is 24.3 Å². The maximum atomic E-state index is 11.7. The Morgan fingerprint density at radius 3 is 2.33 bits per heavy atom. The Labute approximate surface area is 186 Å². The van der Waals surface area contributed by atoms with Gasteiger partial charge < -0.3 is 15.0 Å². The summed E-state index contributed by atoms with van der Waals surface area (Å²) in [5, 5.41) is 3.35. The molecule has 0 aliphatic rings. The molecule has 0 radical (unpaired) electrons. The first-order valence-electron chi connectivity index (χ1n) is 7.32. The second-order valence-electron chi connectivity index (χ2n) is 5.50. The predicted molar refractivity (Wildman–Crippen MR) is 112 cm³/mol. The van der Waals surface area contributed by atoms with E-state index in [4.69, 9.17) is 74.3 Å². The van der Waals surface area contributed by atoms with Gasteiger partial charge in [0.2, 0.25) is 3.79 Å². The molecule has 1 aromatic heterocycles. The van der Waals surface area contributed by atoms with Crippen molar-refractivity contribution in [1.29, 1.82) is 0 Å². The number of hydrogen-bond donors (Lipinski definition) is 1. The molecule has 27 heavy (non-hydrogen) atoms. The molecule has 0 atom stereocenters. The van der Waals surface area contributed by atoms with Crippen molar-refractivity contribution in [3.8, 4) is 5.75 Å². The Morgan fingerprint density at radius 1 is 1.11 bits per heavy atom. The van der Waals surface area contributed by atoms with Crippen molar-refractivity contribution in [2.75, 3.05) is 19.4 Å². The fraction of sp³-hybridized carbons (Fsp3) is 0.250. The van der Waals surface area contributed by atoms with Crippen LogP contribution in [0.25, 0.3) is 0 Å². The summed E-state index contributed by atoms with van der Waals surface area (Å²) in [5.74, 6) is 0.364. The molecular formula is C16H13Cl6N3O2. The number of nitrogens with zero attached hydrogens (tertiary/aromatic N) is 2.